The zero-order valence-corrected chi connectivity index (χ0v) is 21.6. The fourth-order valence-electron chi connectivity index (χ4n) is 3.77. The molecule has 0 aliphatic rings. The Labute approximate surface area is 216 Å². The summed E-state index contributed by atoms with van der Waals surface area (Å²) < 4.78 is 6.89. The zero-order valence-electron chi connectivity index (χ0n) is 21.6. The van der Waals surface area contributed by atoms with Gasteiger partial charge in [-0.25, -0.2) is 9.48 Å². The minimum Gasteiger partial charge on any atom is -0.444 e. The molecule has 3 aromatic carbocycles. The molecule has 0 radical (unpaired) electrons. The van der Waals surface area contributed by atoms with E-state index in [4.69, 9.17) is 15.6 Å². The minimum atomic E-state index is -0.596. The summed E-state index contributed by atoms with van der Waals surface area (Å²) in [6.07, 6.45) is -0.546. The van der Waals surface area contributed by atoms with Crippen LogP contribution in [-0.2, 0) is 4.74 Å². The number of carbonyl (C=O) groups excluding carboxylic acids is 2. The highest BCUT2D eigenvalue weighted by Gasteiger charge is 2.20. The number of hydrogen-bond acceptors (Lipinski definition) is 5. The number of anilines is 3. The van der Waals surface area contributed by atoms with E-state index in [1.54, 1.807) is 67.9 Å². The van der Waals surface area contributed by atoms with Gasteiger partial charge < -0.3 is 15.8 Å². The molecule has 37 heavy (non-hydrogen) atoms. The van der Waals surface area contributed by atoms with Crippen molar-refractivity contribution in [3.05, 3.63) is 89.6 Å². The van der Waals surface area contributed by atoms with Crippen LogP contribution < -0.4 is 16.4 Å². The van der Waals surface area contributed by atoms with Crippen molar-refractivity contribution in [3.63, 3.8) is 0 Å². The maximum absolute atomic E-state index is 13.4. The molecule has 0 spiro atoms. The van der Waals surface area contributed by atoms with Gasteiger partial charge >= 0.3 is 6.09 Å². The molecular formula is C29H31N5O3. The number of amides is 2. The number of rotatable bonds is 5. The summed E-state index contributed by atoms with van der Waals surface area (Å²) in [5.41, 5.74) is 12.0. The average Bonchev–Trinajstić information content (AvgIpc) is 3.27. The number of aromatic nitrogens is 2. The molecule has 0 aliphatic carbocycles. The predicted octanol–water partition coefficient (Wildman–Crippen LogP) is 6.34. The van der Waals surface area contributed by atoms with E-state index < -0.39 is 11.7 Å². The molecule has 8 heteroatoms. The molecule has 4 N–H and O–H groups in total. The highest BCUT2D eigenvalue weighted by Crippen LogP contribution is 2.27. The first-order chi connectivity index (χ1) is 17.5. The lowest BCUT2D eigenvalue weighted by atomic mass is 10.0. The van der Waals surface area contributed by atoms with Gasteiger partial charge in [0, 0.05) is 22.6 Å². The van der Waals surface area contributed by atoms with Crippen LogP contribution in [0.3, 0.4) is 0 Å². The quantitative estimate of drug-likeness (QED) is 0.279. The van der Waals surface area contributed by atoms with Gasteiger partial charge in [-0.05, 0) is 100 Å². The van der Waals surface area contributed by atoms with Crippen LogP contribution in [0.1, 0.15) is 42.4 Å². The second-order valence-electron chi connectivity index (χ2n) is 9.82. The topological polar surface area (TPSA) is 111 Å². The molecule has 8 nitrogen and oxygen atoms in total. The van der Waals surface area contributed by atoms with Crippen LogP contribution in [0.2, 0.25) is 0 Å². The second kappa shape index (κ2) is 10.2. The third-order valence-electron chi connectivity index (χ3n) is 5.75. The zero-order chi connectivity index (χ0) is 26.7. The SMILES string of the molecule is Cc1cccc(-c2cc(C(=O)Nc3ccc(NC(=O)OC(C)(C)C)cc3)n(-c3ccc(N)cc3)n2)c1C. The first-order valence-corrected chi connectivity index (χ1v) is 11.9. The summed E-state index contributed by atoms with van der Waals surface area (Å²) in [6.45, 7) is 9.48. The number of ether oxygens (including phenoxy) is 1. The number of aryl methyl sites for hydroxylation is 1. The van der Waals surface area contributed by atoms with Gasteiger partial charge in [0.05, 0.1) is 11.4 Å². The van der Waals surface area contributed by atoms with Crippen molar-refractivity contribution in [2.24, 2.45) is 0 Å². The van der Waals surface area contributed by atoms with Gasteiger partial charge in [-0.15, -0.1) is 0 Å². The van der Waals surface area contributed by atoms with E-state index in [2.05, 4.69) is 10.6 Å². The molecular weight excluding hydrogens is 466 g/mol. The summed E-state index contributed by atoms with van der Waals surface area (Å²) in [6, 6.07) is 21.8. The Kier molecular flexibility index (Phi) is 7.02. The second-order valence-corrected chi connectivity index (χ2v) is 9.82. The molecule has 0 fully saturated rings. The van der Waals surface area contributed by atoms with Crippen LogP contribution in [0.25, 0.3) is 16.9 Å². The predicted molar refractivity (Wildman–Crippen MR) is 147 cm³/mol. The van der Waals surface area contributed by atoms with Crippen LogP contribution in [0.15, 0.2) is 72.8 Å². The standard InChI is InChI=1S/C29H31N5O3/c1-18-7-6-8-24(19(18)2)25-17-26(34(33-25)23-15-9-20(30)10-16-23)27(35)31-21-11-13-22(14-12-21)32-28(36)37-29(3,4)5/h6-17H,30H2,1-5H3,(H,31,35)(H,32,36). The maximum atomic E-state index is 13.4. The van der Waals surface area contributed by atoms with Gasteiger partial charge in [-0.2, -0.15) is 5.10 Å². The van der Waals surface area contributed by atoms with Crippen molar-refractivity contribution in [2.75, 3.05) is 16.4 Å². The Balaban J connectivity index is 1.61. The first-order valence-electron chi connectivity index (χ1n) is 11.9. The van der Waals surface area contributed by atoms with Crippen molar-refractivity contribution in [1.29, 1.82) is 0 Å². The van der Waals surface area contributed by atoms with Crippen molar-refractivity contribution in [2.45, 2.75) is 40.2 Å². The Morgan fingerprint density at radius 3 is 2.14 bits per heavy atom. The van der Waals surface area contributed by atoms with Gasteiger partial charge in [0.25, 0.3) is 5.91 Å². The number of hydrogen-bond donors (Lipinski definition) is 3. The van der Waals surface area contributed by atoms with Crippen LogP contribution in [0, 0.1) is 13.8 Å². The molecule has 0 saturated carbocycles. The monoisotopic (exact) mass is 497 g/mol. The highest BCUT2D eigenvalue weighted by molar-refractivity contribution is 6.04. The highest BCUT2D eigenvalue weighted by atomic mass is 16.6. The number of nitrogens with one attached hydrogen (secondary N) is 2. The Hall–Kier alpha value is -4.59. The molecule has 0 bridgehead atoms. The largest absolute Gasteiger partial charge is 0.444 e. The Morgan fingerprint density at radius 1 is 0.892 bits per heavy atom. The van der Waals surface area contributed by atoms with Gasteiger partial charge in [-0.3, -0.25) is 10.1 Å². The molecule has 1 aromatic heterocycles. The van der Waals surface area contributed by atoms with Crippen LogP contribution in [-0.4, -0.2) is 27.4 Å². The molecule has 0 atom stereocenters. The van der Waals surface area contributed by atoms with Crippen molar-refractivity contribution < 1.29 is 14.3 Å². The van der Waals surface area contributed by atoms with E-state index >= 15 is 0 Å². The summed E-state index contributed by atoms with van der Waals surface area (Å²) in [5.74, 6) is -0.325. The summed E-state index contributed by atoms with van der Waals surface area (Å²) in [7, 11) is 0. The Bertz CT molecular complexity index is 1430. The molecule has 190 valence electrons. The number of nitrogens with two attached hydrogens (primary N) is 1. The number of nitrogens with zero attached hydrogens (tertiary/aromatic N) is 2. The first kappa shape index (κ1) is 25.5. The fourth-order valence-corrected chi connectivity index (χ4v) is 3.77. The Morgan fingerprint density at radius 2 is 1.51 bits per heavy atom. The smallest absolute Gasteiger partial charge is 0.412 e. The van der Waals surface area contributed by atoms with E-state index in [1.807, 2.05) is 44.2 Å². The molecule has 4 rings (SSSR count). The number of benzene rings is 3. The van der Waals surface area contributed by atoms with Gasteiger partial charge in [0.1, 0.15) is 11.3 Å². The number of nitrogen functional groups attached to an aromatic ring is 1. The molecule has 0 saturated heterocycles. The van der Waals surface area contributed by atoms with Gasteiger partial charge in [0.2, 0.25) is 0 Å². The summed E-state index contributed by atoms with van der Waals surface area (Å²) in [4.78, 5) is 25.4. The third kappa shape index (κ3) is 6.16. The van der Waals surface area contributed by atoms with E-state index in [9.17, 15) is 9.59 Å². The third-order valence-corrected chi connectivity index (χ3v) is 5.75. The fraction of sp³-hybridized carbons (Fsp3) is 0.207. The molecule has 4 aromatic rings. The van der Waals surface area contributed by atoms with E-state index in [1.165, 1.54) is 0 Å². The van der Waals surface area contributed by atoms with Crippen LogP contribution >= 0.6 is 0 Å². The van der Waals surface area contributed by atoms with Crippen LogP contribution in [0.4, 0.5) is 21.9 Å². The molecule has 2 amide bonds. The van der Waals surface area contributed by atoms with Crippen molar-refractivity contribution in [3.8, 4) is 16.9 Å². The number of carbonyl (C=O) groups is 2. The van der Waals surface area contributed by atoms with Crippen molar-refractivity contribution >= 4 is 29.1 Å². The summed E-state index contributed by atoms with van der Waals surface area (Å²) in [5, 5.41) is 10.4. The normalized spacial score (nSPS) is 11.2. The molecule has 0 aliphatic heterocycles. The summed E-state index contributed by atoms with van der Waals surface area (Å²) >= 11 is 0. The molecule has 0 unspecified atom stereocenters. The van der Waals surface area contributed by atoms with E-state index in [0.29, 0.717) is 34.1 Å². The van der Waals surface area contributed by atoms with Gasteiger partial charge in [-0.1, -0.05) is 18.2 Å². The average molecular weight is 498 g/mol. The van der Waals surface area contributed by atoms with Crippen LogP contribution in [0.5, 0.6) is 0 Å². The molecule has 1 heterocycles. The van der Waals surface area contributed by atoms with Crippen molar-refractivity contribution in [1.82, 2.24) is 9.78 Å². The van der Waals surface area contributed by atoms with E-state index in [0.717, 1.165) is 16.7 Å². The van der Waals surface area contributed by atoms with E-state index in [-0.39, 0.29) is 5.91 Å². The lowest BCUT2D eigenvalue weighted by Gasteiger charge is -2.19. The minimum absolute atomic E-state index is 0.325. The maximum Gasteiger partial charge on any atom is 0.412 e. The lowest BCUT2D eigenvalue weighted by molar-refractivity contribution is 0.0635. The lowest BCUT2D eigenvalue weighted by Crippen LogP contribution is -2.27. The van der Waals surface area contributed by atoms with Gasteiger partial charge in [0.15, 0.2) is 0 Å².